The molecule has 3 rings (SSSR count). The molecule has 0 amide bonds. The SMILES string of the molecule is Cc1ccc(Nc2cc(NC3CCCCCC3)ncn2)cc1. The molecule has 0 aliphatic heterocycles. The van der Waals surface area contributed by atoms with Crippen molar-refractivity contribution in [2.45, 2.75) is 51.5 Å². The summed E-state index contributed by atoms with van der Waals surface area (Å²) in [5.74, 6) is 1.74. The lowest BCUT2D eigenvalue weighted by atomic mass is 10.1. The predicted octanol–water partition coefficient (Wildman–Crippen LogP) is 4.66. The van der Waals surface area contributed by atoms with Crippen LogP contribution in [0.15, 0.2) is 36.7 Å². The first-order valence-corrected chi connectivity index (χ1v) is 8.22. The Morgan fingerprint density at radius 2 is 1.59 bits per heavy atom. The molecule has 1 aromatic carbocycles. The quantitative estimate of drug-likeness (QED) is 0.805. The molecular weight excluding hydrogens is 272 g/mol. The molecule has 4 heteroatoms. The fourth-order valence-corrected chi connectivity index (χ4v) is 2.92. The van der Waals surface area contributed by atoms with Crippen molar-refractivity contribution in [2.75, 3.05) is 10.6 Å². The van der Waals surface area contributed by atoms with Gasteiger partial charge in [-0.2, -0.15) is 0 Å². The van der Waals surface area contributed by atoms with Gasteiger partial charge in [0.25, 0.3) is 0 Å². The van der Waals surface area contributed by atoms with E-state index in [0.29, 0.717) is 6.04 Å². The van der Waals surface area contributed by atoms with E-state index in [1.54, 1.807) is 6.33 Å². The molecule has 0 unspecified atom stereocenters. The molecule has 2 aromatic rings. The van der Waals surface area contributed by atoms with Crippen molar-refractivity contribution in [3.63, 3.8) is 0 Å². The lowest BCUT2D eigenvalue weighted by Gasteiger charge is -2.17. The summed E-state index contributed by atoms with van der Waals surface area (Å²) in [6.45, 7) is 2.09. The van der Waals surface area contributed by atoms with Crippen molar-refractivity contribution in [3.8, 4) is 0 Å². The first kappa shape index (κ1) is 14.8. The molecule has 1 heterocycles. The van der Waals surface area contributed by atoms with E-state index in [2.05, 4.69) is 51.8 Å². The smallest absolute Gasteiger partial charge is 0.135 e. The fourth-order valence-electron chi connectivity index (χ4n) is 2.92. The Hall–Kier alpha value is -2.10. The molecule has 22 heavy (non-hydrogen) atoms. The highest BCUT2D eigenvalue weighted by atomic mass is 15.1. The molecule has 0 radical (unpaired) electrons. The summed E-state index contributed by atoms with van der Waals surface area (Å²) in [5, 5.41) is 6.90. The molecule has 1 saturated carbocycles. The minimum Gasteiger partial charge on any atom is -0.367 e. The van der Waals surface area contributed by atoms with E-state index in [1.807, 2.05) is 6.07 Å². The average Bonchev–Trinajstić information content (AvgIpc) is 2.79. The molecule has 0 atom stereocenters. The Kier molecular flexibility index (Phi) is 4.88. The monoisotopic (exact) mass is 296 g/mol. The zero-order valence-corrected chi connectivity index (χ0v) is 13.2. The van der Waals surface area contributed by atoms with E-state index in [9.17, 15) is 0 Å². The third-order valence-corrected chi connectivity index (χ3v) is 4.20. The Morgan fingerprint density at radius 3 is 2.32 bits per heavy atom. The second kappa shape index (κ2) is 7.25. The molecule has 0 spiro atoms. The van der Waals surface area contributed by atoms with Crippen LogP contribution in [-0.2, 0) is 0 Å². The van der Waals surface area contributed by atoms with Crippen LogP contribution in [0.1, 0.15) is 44.1 Å². The van der Waals surface area contributed by atoms with Crippen molar-refractivity contribution >= 4 is 17.3 Å². The number of benzene rings is 1. The maximum absolute atomic E-state index is 4.36. The Morgan fingerprint density at radius 1 is 0.909 bits per heavy atom. The summed E-state index contributed by atoms with van der Waals surface area (Å²) in [6.07, 6.45) is 9.46. The Labute approximate surface area is 132 Å². The van der Waals surface area contributed by atoms with Gasteiger partial charge >= 0.3 is 0 Å². The molecule has 0 saturated heterocycles. The van der Waals surface area contributed by atoms with Crippen molar-refractivity contribution in [1.82, 2.24) is 9.97 Å². The first-order valence-electron chi connectivity index (χ1n) is 8.22. The van der Waals surface area contributed by atoms with Crippen molar-refractivity contribution in [2.24, 2.45) is 0 Å². The number of rotatable bonds is 4. The summed E-state index contributed by atoms with van der Waals surface area (Å²) < 4.78 is 0. The molecule has 1 aliphatic rings. The molecule has 2 N–H and O–H groups in total. The minimum atomic E-state index is 0.546. The standard InChI is InChI=1S/C18H24N4/c1-14-8-10-16(11-9-14)22-18-12-17(19-13-20-18)21-15-6-4-2-3-5-7-15/h8-13,15H,2-7H2,1H3,(H2,19,20,21,22). The summed E-state index contributed by atoms with van der Waals surface area (Å²) in [7, 11) is 0. The van der Waals surface area contributed by atoms with Gasteiger partial charge in [-0.05, 0) is 31.9 Å². The Balaban J connectivity index is 1.65. The zero-order valence-electron chi connectivity index (χ0n) is 13.2. The maximum Gasteiger partial charge on any atom is 0.135 e. The van der Waals surface area contributed by atoms with Gasteiger partial charge in [-0.25, -0.2) is 9.97 Å². The van der Waals surface area contributed by atoms with Gasteiger partial charge in [-0.15, -0.1) is 0 Å². The fraction of sp³-hybridized carbons (Fsp3) is 0.444. The van der Waals surface area contributed by atoms with Crippen molar-refractivity contribution in [1.29, 1.82) is 0 Å². The molecule has 0 bridgehead atoms. The number of aryl methyl sites for hydroxylation is 1. The van der Waals surface area contributed by atoms with Crippen LogP contribution < -0.4 is 10.6 Å². The third-order valence-electron chi connectivity index (χ3n) is 4.20. The molecule has 1 aromatic heterocycles. The highest BCUT2D eigenvalue weighted by Gasteiger charge is 2.12. The van der Waals surface area contributed by atoms with E-state index in [0.717, 1.165) is 17.3 Å². The van der Waals surface area contributed by atoms with Crippen LogP contribution in [0.25, 0.3) is 0 Å². The molecule has 116 valence electrons. The maximum atomic E-state index is 4.36. The summed E-state index contributed by atoms with van der Waals surface area (Å²) >= 11 is 0. The van der Waals surface area contributed by atoms with Crippen LogP contribution in [0.5, 0.6) is 0 Å². The number of anilines is 3. The second-order valence-electron chi connectivity index (χ2n) is 6.11. The number of hydrogen-bond acceptors (Lipinski definition) is 4. The van der Waals surface area contributed by atoms with Crippen molar-refractivity contribution < 1.29 is 0 Å². The van der Waals surface area contributed by atoms with Gasteiger partial charge < -0.3 is 10.6 Å². The minimum absolute atomic E-state index is 0.546. The zero-order chi connectivity index (χ0) is 15.2. The normalized spacial score (nSPS) is 16.0. The van der Waals surface area contributed by atoms with E-state index >= 15 is 0 Å². The van der Waals surface area contributed by atoms with Gasteiger partial charge in [-0.3, -0.25) is 0 Å². The van der Waals surface area contributed by atoms with E-state index in [-0.39, 0.29) is 0 Å². The van der Waals surface area contributed by atoms with Gasteiger partial charge in [0.15, 0.2) is 0 Å². The van der Waals surface area contributed by atoms with Crippen LogP contribution in [0, 0.1) is 6.92 Å². The first-order chi connectivity index (χ1) is 10.8. The van der Waals surface area contributed by atoms with Gasteiger partial charge in [0.05, 0.1) is 0 Å². The second-order valence-corrected chi connectivity index (χ2v) is 6.11. The van der Waals surface area contributed by atoms with Crippen LogP contribution >= 0.6 is 0 Å². The molecule has 1 aliphatic carbocycles. The average molecular weight is 296 g/mol. The lowest BCUT2D eigenvalue weighted by Crippen LogP contribution is -2.19. The van der Waals surface area contributed by atoms with E-state index < -0.39 is 0 Å². The summed E-state index contributed by atoms with van der Waals surface area (Å²) in [6, 6.07) is 10.9. The van der Waals surface area contributed by atoms with Crippen LogP contribution in [0.3, 0.4) is 0 Å². The number of aromatic nitrogens is 2. The van der Waals surface area contributed by atoms with Crippen LogP contribution in [0.2, 0.25) is 0 Å². The number of nitrogens with one attached hydrogen (secondary N) is 2. The summed E-state index contributed by atoms with van der Waals surface area (Å²) in [4.78, 5) is 8.66. The molecular formula is C18H24N4. The van der Waals surface area contributed by atoms with Gasteiger partial charge in [-0.1, -0.05) is 43.4 Å². The van der Waals surface area contributed by atoms with E-state index in [4.69, 9.17) is 0 Å². The highest BCUT2D eigenvalue weighted by molar-refractivity contribution is 5.59. The topological polar surface area (TPSA) is 49.8 Å². The number of nitrogens with zero attached hydrogens (tertiary/aromatic N) is 2. The lowest BCUT2D eigenvalue weighted by molar-refractivity contribution is 0.617. The number of hydrogen-bond donors (Lipinski definition) is 2. The highest BCUT2D eigenvalue weighted by Crippen LogP contribution is 2.22. The largest absolute Gasteiger partial charge is 0.367 e. The third kappa shape index (κ3) is 4.20. The van der Waals surface area contributed by atoms with Gasteiger partial charge in [0, 0.05) is 17.8 Å². The molecule has 1 fully saturated rings. The van der Waals surface area contributed by atoms with Gasteiger partial charge in [0.2, 0.25) is 0 Å². The van der Waals surface area contributed by atoms with E-state index in [1.165, 1.54) is 44.1 Å². The van der Waals surface area contributed by atoms with Crippen molar-refractivity contribution in [3.05, 3.63) is 42.2 Å². The summed E-state index contributed by atoms with van der Waals surface area (Å²) in [5.41, 5.74) is 2.30. The van der Waals surface area contributed by atoms with Crippen LogP contribution in [-0.4, -0.2) is 16.0 Å². The van der Waals surface area contributed by atoms with Crippen LogP contribution in [0.4, 0.5) is 17.3 Å². The predicted molar refractivity (Wildman–Crippen MR) is 91.6 cm³/mol. The van der Waals surface area contributed by atoms with Gasteiger partial charge in [0.1, 0.15) is 18.0 Å². The molecule has 4 nitrogen and oxygen atoms in total. The Bertz CT molecular complexity index is 586.